The number of piperidine rings is 1. The van der Waals surface area contributed by atoms with Gasteiger partial charge >= 0.3 is 0 Å². The van der Waals surface area contributed by atoms with Crippen molar-refractivity contribution < 1.29 is 13.9 Å². The highest BCUT2D eigenvalue weighted by Crippen LogP contribution is 2.22. The van der Waals surface area contributed by atoms with Crippen molar-refractivity contribution in [1.82, 2.24) is 9.80 Å². The molecule has 0 aromatic heterocycles. The lowest BCUT2D eigenvalue weighted by molar-refractivity contribution is 0.0617. The van der Waals surface area contributed by atoms with E-state index < -0.39 is 0 Å². The molecule has 0 N–H and O–H groups in total. The number of rotatable bonds is 8. The van der Waals surface area contributed by atoms with Gasteiger partial charge in [0.1, 0.15) is 5.82 Å². The number of aryl methyl sites for hydroxylation is 1. The molecule has 5 heteroatoms. The zero-order valence-corrected chi connectivity index (χ0v) is 17.4. The van der Waals surface area contributed by atoms with Crippen LogP contribution in [0.4, 0.5) is 4.39 Å². The lowest BCUT2D eigenvalue weighted by Crippen LogP contribution is -2.42. The van der Waals surface area contributed by atoms with E-state index in [1.165, 1.54) is 6.07 Å². The Morgan fingerprint density at radius 3 is 2.48 bits per heavy atom. The second-order valence-corrected chi connectivity index (χ2v) is 7.92. The van der Waals surface area contributed by atoms with E-state index in [2.05, 4.69) is 4.90 Å². The lowest BCUT2D eigenvalue weighted by Gasteiger charge is -2.35. The van der Waals surface area contributed by atoms with Crippen LogP contribution in [0.3, 0.4) is 0 Å². The zero-order valence-electron chi connectivity index (χ0n) is 17.4. The van der Waals surface area contributed by atoms with Gasteiger partial charge in [0.25, 0.3) is 5.91 Å². The van der Waals surface area contributed by atoms with E-state index in [0.717, 1.165) is 49.2 Å². The molecule has 3 rings (SSSR count). The van der Waals surface area contributed by atoms with Crippen LogP contribution in [0.15, 0.2) is 48.5 Å². The molecule has 1 amide bonds. The number of hydrogen-bond donors (Lipinski definition) is 0. The van der Waals surface area contributed by atoms with Crippen LogP contribution in [0.2, 0.25) is 0 Å². The maximum Gasteiger partial charge on any atom is 0.253 e. The summed E-state index contributed by atoms with van der Waals surface area (Å²) in [7, 11) is 1.66. The molecule has 1 fully saturated rings. The number of likely N-dealkylation sites (tertiary alicyclic amines) is 1. The molecule has 0 unspecified atom stereocenters. The highest BCUT2D eigenvalue weighted by Gasteiger charge is 2.24. The van der Waals surface area contributed by atoms with Crippen LogP contribution in [-0.2, 0) is 11.3 Å². The van der Waals surface area contributed by atoms with Crippen LogP contribution >= 0.6 is 0 Å². The first-order valence-electron chi connectivity index (χ1n) is 10.4. The summed E-state index contributed by atoms with van der Waals surface area (Å²) in [5, 5.41) is 0. The predicted octanol–water partition coefficient (Wildman–Crippen LogP) is 4.13. The average Bonchev–Trinajstić information content (AvgIpc) is 2.74. The summed E-state index contributed by atoms with van der Waals surface area (Å²) < 4.78 is 19.1. The van der Waals surface area contributed by atoms with Crippen molar-refractivity contribution in [2.24, 2.45) is 5.92 Å². The number of amides is 1. The molecule has 156 valence electrons. The summed E-state index contributed by atoms with van der Waals surface area (Å²) in [6.07, 6.45) is 2.03. The summed E-state index contributed by atoms with van der Waals surface area (Å²) >= 11 is 0. The van der Waals surface area contributed by atoms with E-state index in [4.69, 9.17) is 4.74 Å². The van der Waals surface area contributed by atoms with E-state index >= 15 is 0 Å². The summed E-state index contributed by atoms with van der Waals surface area (Å²) in [6.45, 7) is 6.39. The number of halogens is 1. The highest BCUT2D eigenvalue weighted by atomic mass is 19.1. The van der Waals surface area contributed by atoms with E-state index in [9.17, 15) is 9.18 Å². The fraction of sp³-hybridized carbons (Fsp3) is 0.458. The van der Waals surface area contributed by atoms with Crippen LogP contribution in [0.1, 0.15) is 34.3 Å². The minimum Gasteiger partial charge on any atom is -0.383 e. The molecule has 1 aliphatic rings. The number of hydrogen-bond acceptors (Lipinski definition) is 3. The molecule has 1 aliphatic heterocycles. The van der Waals surface area contributed by atoms with Gasteiger partial charge in [0.05, 0.1) is 6.61 Å². The fourth-order valence-corrected chi connectivity index (χ4v) is 3.86. The van der Waals surface area contributed by atoms with Gasteiger partial charge in [-0.1, -0.05) is 35.9 Å². The Bertz CT molecular complexity index is 786. The number of benzene rings is 2. The van der Waals surface area contributed by atoms with Crippen LogP contribution in [0, 0.1) is 18.7 Å². The van der Waals surface area contributed by atoms with Gasteiger partial charge < -0.3 is 9.64 Å². The van der Waals surface area contributed by atoms with Crippen molar-refractivity contribution in [3.05, 3.63) is 71.0 Å². The lowest BCUT2D eigenvalue weighted by atomic mass is 9.95. The van der Waals surface area contributed by atoms with Crippen molar-refractivity contribution in [2.75, 3.05) is 39.9 Å². The molecule has 0 spiro atoms. The van der Waals surface area contributed by atoms with Crippen LogP contribution in [-0.4, -0.2) is 55.6 Å². The minimum absolute atomic E-state index is 0.0656. The Morgan fingerprint density at radius 2 is 1.83 bits per heavy atom. The Balaban J connectivity index is 1.56. The van der Waals surface area contributed by atoms with Crippen LogP contribution in [0.25, 0.3) is 0 Å². The molecule has 0 radical (unpaired) electrons. The van der Waals surface area contributed by atoms with Gasteiger partial charge in [-0.3, -0.25) is 9.69 Å². The molecule has 0 atom stereocenters. The summed E-state index contributed by atoms with van der Waals surface area (Å²) in [5.74, 6) is 0.387. The molecule has 0 bridgehead atoms. The quantitative estimate of drug-likeness (QED) is 0.670. The summed E-state index contributed by atoms with van der Waals surface area (Å²) in [4.78, 5) is 17.2. The van der Waals surface area contributed by atoms with Crippen LogP contribution in [0.5, 0.6) is 0 Å². The fourth-order valence-electron chi connectivity index (χ4n) is 3.86. The summed E-state index contributed by atoms with van der Waals surface area (Å²) in [6, 6.07) is 14.7. The first-order valence-corrected chi connectivity index (χ1v) is 10.4. The van der Waals surface area contributed by atoms with E-state index in [-0.39, 0.29) is 11.7 Å². The van der Waals surface area contributed by atoms with Gasteiger partial charge in [-0.25, -0.2) is 4.39 Å². The van der Waals surface area contributed by atoms with Crippen molar-refractivity contribution in [3.63, 3.8) is 0 Å². The molecular formula is C24H31FN2O2. The van der Waals surface area contributed by atoms with Crippen molar-refractivity contribution in [3.8, 4) is 0 Å². The second kappa shape index (κ2) is 10.5. The Kier molecular flexibility index (Phi) is 7.78. The molecule has 29 heavy (non-hydrogen) atoms. The molecule has 2 aromatic carbocycles. The molecule has 4 nitrogen and oxygen atoms in total. The summed E-state index contributed by atoms with van der Waals surface area (Å²) in [5.41, 5.74) is 2.62. The monoisotopic (exact) mass is 398 g/mol. The maximum absolute atomic E-state index is 13.9. The average molecular weight is 399 g/mol. The number of nitrogens with zero attached hydrogens (tertiary/aromatic N) is 2. The van der Waals surface area contributed by atoms with Crippen molar-refractivity contribution >= 4 is 5.91 Å². The zero-order chi connectivity index (χ0) is 20.6. The third kappa shape index (κ3) is 6.12. The minimum atomic E-state index is -0.135. The number of carbonyl (C=O) groups is 1. The maximum atomic E-state index is 13.9. The van der Waals surface area contributed by atoms with Gasteiger partial charge in [0, 0.05) is 37.9 Å². The number of carbonyl (C=O) groups excluding carboxylic acids is 1. The normalized spacial score (nSPS) is 15.4. The van der Waals surface area contributed by atoms with Crippen LogP contribution < -0.4 is 0 Å². The van der Waals surface area contributed by atoms with E-state index in [0.29, 0.717) is 25.6 Å². The smallest absolute Gasteiger partial charge is 0.253 e. The molecule has 1 heterocycles. The third-order valence-corrected chi connectivity index (χ3v) is 5.69. The highest BCUT2D eigenvalue weighted by molar-refractivity contribution is 5.94. The van der Waals surface area contributed by atoms with Gasteiger partial charge in [0.2, 0.25) is 0 Å². The molecule has 0 saturated carbocycles. The van der Waals surface area contributed by atoms with E-state index in [1.54, 1.807) is 13.2 Å². The first-order chi connectivity index (χ1) is 14.1. The van der Waals surface area contributed by atoms with Gasteiger partial charge in [-0.05, 0) is 57.0 Å². The first kappa shape index (κ1) is 21.5. The van der Waals surface area contributed by atoms with E-state index in [1.807, 2.05) is 48.2 Å². The van der Waals surface area contributed by atoms with Gasteiger partial charge in [-0.15, -0.1) is 0 Å². The van der Waals surface area contributed by atoms with Crippen molar-refractivity contribution in [1.29, 1.82) is 0 Å². The largest absolute Gasteiger partial charge is 0.383 e. The SMILES string of the molecule is COCCN(CC1CCN(Cc2ccccc2F)CC1)C(=O)c1ccc(C)cc1. The van der Waals surface area contributed by atoms with Crippen molar-refractivity contribution in [2.45, 2.75) is 26.3 Å². The Morgan fingerprint density at radius 1 is 1.14 bits per heavy atom. The Labute approximate surface area is 173 Å². The third-order valence-electron chi connectivity index (χ3n) is 5.69. The molecule has 0 aliphatic carbocycles. The topological polar surface area (TPSA) is 32.8 Å². The molecule has 1 saturated heterocycles. The Hall–Kier alpha value is -2.24. The van der Waals surface area contributed by atoms with Gasteiger partial charge in [-0.2, -0.15) is 0 Å². The predicted molar refractivity (Wildman–Crippen MR) is 113 cm³/mol. The number of methoxy groups -OCH3 is 1. The second-order valence-electron chi connectivity index (χ2n) is 7.92. The molecule has 2 aromatic rings. The molecular weight excluding hydrogens is 367 g/mol. The standard InChI is InChI=1S/C24H31FN2O2/c1-19-7-9-21(10-8-19)24(28)27(15-16-29-2)17-20-11-13-26(14-12-20)18-22-5-3-4-6-23(22)25/h3-10,20H,11-18H2,1-2H3. The number of ether oxygens (including phenoxy) is 1. The van der Waals surface area contributed by atoms with Gasteiger partial charge in [0.15, 0.2) is 0 Å².